The molecule has 2 heterocycles. The lowest BCUT2D eigenvalue weighted by Crippen LogP contribution is -2.55. The second kappa shape index (κ2) is 7.96. The average molecular weight is 421 g/mol. The Kier molecular flexibility index (Phi) is 5.89. The number of ether oxygens (including phenoxy) is 1. The SMILES string of the molecule is CC(C)(C)OC(=O)N1CC[C@@H](C(=O)N2N=CC[C@@H]2c2cc(F)cc(F)c2)CC1(C)C. The van der Waals surface area contributed by atoms with Crippen molar-refractivity contribution < 1.29 is 23.1 Å². The lowest BCUT2D eigenvalue weighted by molar-refractivity contribution is -0.141. The Morgan fingerprint density at radius 3 is 2.37 bits per heavy atom. The number of carbonyl (C=O) groups is 2. The average Bonchev–Trinajstić information content (AvgIpc) is 3.07. The summed E-state index contributed by atoms with van der Waals surface area (Å²) in [5.74, 6) is -1.92. The van der Waals surface area contributed by atoms with Gasteiger partial charge in [0.05, 0.1) is 6.04 Å². The quantitative estimate of drug-likeness (QED) is 0.698. The fourth-order valence-corrected chi connectivity index (χ4v) is 4.13. The summed E-state index contributed by atoms with van der Waals surface area (Å²) in [5, 5.41) is 5.52. The van der Waals surface area contributed by atoms with Crippen LogP contribution in [0.2, 0.25) is 0 Å². The lowest BCUT2D eigenvalue weighted by atomic mass is 9.82. The third-order valence-corrected chi connectivity index (χ3v) is 5.47. The van der Waals surface area contributed by atoms with Gasteiger partial charge in [-0.1, -0.05) is 0 Å². The van der Waals surface area contributed by atoms with Crippen molar-refractivity contribution in [2.24, 2.45) is 11.0 Å². The smallest absolute Gasteiger partial charge is 0.410 e. The third-order valence-electron chi connectivity index (χ3n) is 5.47. The fourth-order valence-electron chi connectivity index (χ4n) is 4.13. The van der Waals surface area contributed by atoms with Crippen LogP contribution in [0, 0.1) is 17.6 Å². The summed E-state index contributed by atoms with van der Waals surface area (Å²) in [5.41, 5.74) is -0.800. The minimum atomic E-state index is -0.684. The Morgan fingerprint density at radius 2 is 1.80 bits per heavy atom. The van der Waals surface area contributed by atoms with E-state index in [1.54, 1.807) is 11.1 Å². The Morgan fingerprint density at radius 1 is 1.17 bits per heavy atom. The van der Waals surface area contributed by atoms with Crippen molar-refractivity contribution in [2.45, 2.75) is 71.1 Å². The molecule has 1 saturated heterocycles. The number of benzene rings is 1. The Balaban J connectivity index is 1.73. The predicted molar refractivity (Wildman–Crippen MR) is 109 cm³/mol. The molecule has 2 amide bonds. The molecular formula is C22H29F2N3O3. The summed E-state index contributed by atoms with van der Waals surface area (Å²) < 4.78 is 32.8. The van der Waals surface area contributed by atoms with E-state index in [0.717, 1.165) is 6.07 Å². The first-order valence-corrected chi connectivity index (χ1v) is 10.2. The summed E-state index contributed by atoms with van der Waals surface area (Å²) in [7, 11) is 0. The van der Waals surface area contributed by atoms with E-state index in [-0.39, 0.29) is 11.8 Å². The molecule has 0 spiro atoms. The molecule has 0 aromatic heterocycles. The summed E-state index contributed by atoms with van der Waals surface area (Å²) >= 11 is 0. The van der Waals surface area contributed by atoms with Gasteiger partial charge in [0.25, 0.3) is 0 Å². The molecule has 6 nitrogen and oxygen atoms in total. The van der Waals surface area contributed by atoms with Crippen molar-refractivity contribution in [3.8, 4) is 0 Å². The van der Waals surface area contributed by atoms with Gasteiger partial charge in [0, 0.05) is 36.7 Å². The zero-order valence-electron chi connectivity index (χ0n) is 18.1. The first-order valence-electron chi connectivity index (χ1n) is 10.2. The third kappa shape index (κ3) is 4.79. The minimum Gasteiger partial charge on any atom is -0.444 e. The zero-order chi connectivity index (χ0) is 22.3. The van der Waals surface area contributed by atoms with Crippen LogP contribution in [0.15, 0.2) is 23.3 Å². The van der Waals surface area contributed by atoms with Gasteiger partial charge in [0.15, 0.2) is 0 Å². The standard InChI is InChI=1S/C22H29F2N3O3/c1-21(2,3)30-20(29)26-9-7-14(13-22(26,4)5)19(28)27-18(6-8-25-27)15-10-16(23)12-17(24)11-15/h8,10-12,14,18H,6-7,9,13H2,1-5H3/t14-,18-/m1/s1. The van der Waals surface area contributed by atoms with Gasteiger partial charge in [-0.2, -0.15) is 5.10 Å². The number of hydrazone groups is 1. The maximum absolute atomic E-state index is 13.7. The predicted octanol–water partition coefficient (Wildman–Crippen LogP) is 4.65. The van der Waals surface area contributed by atoms with Crippen LogP contribution in [0.5, 0.6) is 0 Å². The van der Waals surface area contributed by atoms with E-state index in [2.05, 4.69) is 5.10 Å². The molecule has 1 aromatic rings. The molecule has 0 unspecified atom stereocenters. The highest BCUT2D eigenvalue weighted by Crippen LogP contribution is 2.37. The maximum atomic E-state index is 13.7. The van der Waals surface area contributed by atoms with Crippen molar-refractivity contribution in [3.05, 3.63) is 35.4 Å². The Bertz CT molecular complexity index is 843. The van der Waals surface area contributed by atoms with E-state index in [1.165, 1.54) is 17.1 Å². The molecule has 30 heavy (non-hydrogen) atoms. The molecule has 2 aliphatic heterocycles. The number of piperidine rings is 1. The Labute approximate surface area is 175 Å². The zero-order valence-corrected chi connectivity index (χ0v) is 18.1. The second-order valence-electron chi connectivity index (χ2n) is 9.57. The van der Waals surface area contributed by atoms with E-state index in [9.17, 15) is 18.4 Å². The molecule has 3 rings (SSSR count). The number of likely N-dealkylation sites (tertiary alicyclic amines) is 1. The summed E-state index contributed by atoms with van der Waals surface area (Å²) in [6.07, 6.45) is 2.51. The molecule has 0 saturated carbocycles. The molecule has 1 aromatic carbocycles. The normalized spacial score (nSPS) is 23.6. The van der Waals surface area contributed by atoms with Crippen LogP contribution >= 0.6 is 0 Å². The Hall–Kier alpha value is -2.51. The molecule has 1 fully saturated rings. The highest BCUT2D eigenvalue weighted by atomic mass is 19.1. The molecule has 0 aliphatic carbocycles. The largest absolute Gasteiger partial charge is 0.444 e. The van der Waals surface area contributed by atoms with Crippen LogP contribution < -0.4 is 0 Å². The van der Waals surface area contributed by atoms with Gasteiger partial charge in [0.2, 0.25) is 5.91 Å². The van der Waals surface area contributed by atoms with Gasteiger partial charge in [0.1, 0.15) is 17.2 Å². The topological polar surface area (TPSA) is 62.2 Å². The number of carbonyl (C=O) groups excluding carboxylic acids is 2. The fraction of sp³-hybridized carbons (Fsp3) is 0.591. The number of nitrogens with zero attached hydrogens (tertiary/aromatic N) is 3. The van der Waals surface area contributed by atoms with Crippen molar-refractivity contribution in [2.75, 3.05) is 6.54 Å². The minimum absolute atomic E-state index is 0.199. The molecule has 164 valence electrons. The van der Waals surface area contributed by atoms with Crippen LogP contribution in [-0.4, -0.2) is 45.8 Å². The number of hydrogen-bond acceptors (Lipinski definition) is 4. The molecule has 0 N–H and O–H groups in total. The molecule has 0 bridgehead atoms. The van der Waals surface area contributed by atoms with Crippen LogP contribution in [0.25, 0.3) is 0 Å². The van der Waals surface area contributed by atoms with E-state index in [4.69, 9.17) is 4.74 Å². The number of rotatable bonds is 2. The van der Waals surface area contributed by atoms with Gasteiger partial charge in [-0.05, 0) is 65.2 Å². The second-order valence-corrected chi connectivity index (χ2v) is 9.57. The van der Waals surface area contributed by atoms with Gasteiger partial charge in [-0.15, -0.1) is 0 Å². The number of halogens is 2. The van der Waals surface area contributed by atoms with E-state index >= 15 is 0 Å². The van der Waals surface area contributed by atoms with E-state index in [1.807, 2.05) is 34.6 Å². The van der Waals surface area contributed by atoms with Crippen LogP contribution in [-0.2, 0) is 9.53 Å². The van der Waals surface area contributed by atoms with Gasteiger partial charge < -0.3 is 9.64 Å². The molecule has 8 heteroatoms. The van der Waals surface area contributed by atoms with Crippen LogP contribution in [0.1, 0.15) is 65.5 Å². The summed E-state index contributed by atoms with van der Waals surface area (Å²) in [4.78, 5) is 27.5. The van der Waals surface area contributed by atoms with Crippen molar-refractivity contribution >= 4 is 18.2 Å². The van der Waals surface area contributed by atoms with E-state index < -0.39 is 34.9 Å². The monoisotopic (exact) mass is 421 g/mol. The van der Waals surface area contributed by atoms with Crippen molar-refractivity contribution in [3.63, 3.8) is 0 Å². The van der Waals surface area contributed by atoms with E-state index in [0.29, 0.717) is 31.4 Å². The number of hydrogen-bond donors (Lipinski definition) is 0. The molecule has 0 radical (unpaired) electrons. The first kappa shape index (κ1) is 22.2. The van der Waals surface area contributed by atoms with Gasteiger partial charge >= 0.3 is 6.09 Å². The summed E-state index contributed by atoms with van der Waals surface area (Å²) in [6, 6.07) is 2.74. The molecule has 2 atom stereocenters. The van der Waals surface area contributed by atoms with Crippen LogP contribution in [0.3, 0.4) is 0 Å². The molecule has 2 aliphatic rings. The van der Waals surface area contributed by atoms with Gasteiger partial charge in [-0.3, -0.25) is 4.79 Å². The number of amides is 2. The van der Waals surface area contributed by atoms with Gasteiger partial charge in [-0.25, -0.2) is 18.6 Å². The van der Waals surface area contributed by atoms with Crippen molar-refractivity contribution in [1.29, 1.82) is 0 Å². The van der Waals surface area contributed by atoms with Crippen LogP contribution in [0.4, 0.5) is 13.6 Å². The molecular weight excluding hydrogens is 392 g/mol. The first-order chi connectivity index (χ1) is 13.9. The highest BCUT2D eigenvalue weighted by Gasteiger charge is 2.44. The summed E-state index contributed by atoms with van der Waals surface area (Å²) in [6.45, 7) is 9.64. The highest BCUT2D eigenvalue weighted by molar-refractivity contribution is 5.82. The lowest BCUT2D eigenvalue weighted by Gasteiger charge is -2.45. The van der Waals surface area contributed by atoms with Crippen molar-refractivity contribution in [1.82, 2.24) is 9.91 Å². The maximum Gasteiger partial charge on any atom is 0.410 e.